The lowest BCUT2D eigenvalue weighted by Gasteiger charge is -2.20. The number of ketones is 1. The molecule has 0 radical (unpaired) electrons. The Morgan fingerprint density at radius 2 is 1.87 bits per heavy atom. The summed E-state index contributed by atoms with van der Waals surface area (Å²) in [5.41, 5.74) is 6.14. The second kappa shape index (κ2) is 8.34. The molecular weight excluding hydrogens is 473 g/mol. The highest BCUT2D eigenvalue weighted by Gasteiger charge is 2.41. The van der Waals surface area contributed by atoms with E-state index in [2.05, 4.69) is 23.1 Å². The number of nitrogens with two attached hydrogens (primary N) is 1. The maximum atomic E-state index is 12.0. The van der Waals surface area contributed by atoms with Gasteiger partial charge in [-0.3, -0.25) is 14.3 Å². The van der Waals surface area contributed by atoms with Crippen molar-refractivity contribution in [3.8, 4) is 0 Å². The number of carbonyl (C=O) groups is 1. The number of hydrogen-bond donors (Lipinski definition) is 5. The van der Waals surface area contributed by atoms with E-state index in [4.69, 9.17) is 25.2 Å². The normalized spacial score (nSPS) is 26.0. The van der Waals surface area contributed by atoms with Crippen molar-refractivity contribution < 1.29 is 55.9 Å². The summed E-state index contributed by atoms with van der Waals surface area (Å²) in [6.07, 6.45) is 0.809. The third-order valence-corrected chi connectivity index (χ3v) is 7.78. The van der Waals surface area contributed by atoms with Gasteiger partial charge in [0, 0.05) is 0 Å². The Labute approximate surface area is 168 Å². The number of hydrogen-bond acceptors (Lipinski definition) is 11. The van der Waals surface area contributed by atoms with Crippen LogP contribution in [0.3, 0.4) is 0 Å². The van der Waals surface area contributed by atoms with Gasteiger partial charge in [0.15, 0.2) is 5.84 Å². The van der Waals surface area contributed by atoms with E-state index in [0.29, 0.717) is 18.5 Å². The van der Waals surface area contributed by atoms with Gasteiger partial charge in [0.25, 0.3) is 0 Å². The molecule has 1 aromatic heterocycles. The van der Waals surface area contributed by atoms with Crippen LogP contribution in [0, 0.1) is 0 Å². The Bertz CT molecular complexity index is 1020. The van der Waals surface area contributed by atoms with E-state index < -0.39 is 48.2 Å². The highest BCUT2D eigenvalue weighted by atomic mass is 31.3. The molecule has 19 heteroatoms. The van der Waals surface area contributed by atoms with Crippen LogP contribution in [0.2, 0.25) is 0 Å². The zero-order valence-electron chi connectivity index (χ0n) is 14.9. The fourth-order valence-electron chi connectivity index (χ4n) is 2.83. The summed E-state index contributed by atoms with van der Waals surface area (Å²) in [6.45, 7) is -0.430. The lowest BCUT2D eigenvalue weighted by Crippen LogP contribution is -2.29. The number of carbonyl (C=O) groups excluding carboxylic acids is 1. The molecule has 1 aromatic rings. The minimum Gasteiger partial charge on any atom is -0.381 e. The molecule has 4 unspecified atom stereocenters. The fraction of sp³-hybridized carbons (Fsp3) is 0.545. The number of rotatable bonds is 8. The number of phosphoric ester groups is 1. The maximum absolute atomic E-state index is 12.0. The van der Waals surface area contributed by atoms with Gasteiger partial charge >= 0.3 is 23.5 Å². The molecule has 2 aliphatic heterocycles. The summed E-state index contributed by atoms with van der Waals surface area (Å²) in [7, 11) is -16.3. The summed E-state index contributed by atoms with van der Waals surface area (Å²) in [4.78, 5) is 55.4. The molecule has 1 saturated heterocycles. The summed E-state index contributed by atoms with van der Waals surface area (Å²) in [5.74, 6) is -0.647. The number of amidine groups is 1. The zero-order chi connectivity index (χ0) is 22.3. The minimum atomic E-state index is -5.58. The van der Waals surface area contributed by atoms with Crippen molar-refractivity contribution in [2.24, 2.45) is 10.7 Å². The highest BCUT2D eigenvalue weighted by Crippen LogP contribution is 2.66. The molecule has 2 aliphatic rings. The first-order chi connectivity index (χ1) is 13.8. The van der Waals surface area contributed by atoms with Gasteiger partial charge in [-0.1, -0.05) is 0 Å². The zero-order valence-corrected chi connectivity index (χ0v) is 17.6. The van der Waals surface area contributed by atoms with Crippen molar-refractivity contribution in [3.63, 3.8) is 0 Å². The molecule has 0 amide bonds. The molecule has 3 heterocycles. The third-order valence-electron chi connectivity index (χ3n) is 3.98. The molecule has 0 bridgehead atoms. The highest BCUT2D eigenvalue weighted by molar-refractivity contribution is 7.66. The third kappa shape index (κ3) is 5.69. The van der Waals surface area contributed by atoms with Crippen molar-refractivity contribution in [2.75, 3.05) is 6.61 Å². The van der Waals surface area contributed by atoms with E-state index in [9.17, 15) is 23.4 Å². The molecule has 0 aromatic carbocycles. The average Bonchev–Trinajstić information content (AvgIpc) is 3.19. The summed E-state index contributed by atoms with van der Waals surface area (Å²) in [5, 5.41) is 0. The molecule has 3 rings (SSSR count). The topological polar surface area (TPSA) is 242 Å². The predicted molar refractivity (Wildman–Crippen MR) is 94.8 cm³/mol. The monoisotopic (exact) mass is 490 g/mol. The van der Waals surface area contributed by atoms with Crippen LogP contribution in [-0.2, 0) is 38.1 Å². The van der Waals surface area contributed by atoms with Gasteiger partial charge in [0.2, 0.25) is 5.78 Å². The van der Waals surface area contributed by atoms with Crippen LogP contribution in [0.15, 0.2) is 11.3 Å². The number of ether oxygens (including phenoxy) is 1. The SMILES string of the molecule is NC1=NCc2c(ncn2C2CCC(COP(=O)(O)OP(=O)(O)OP(=O)(O)O)O2)C1=O. The molecule has 1 fully saturated rings. The molecule has 6 N–H and O–H groups in total. The van der Waals surface area contributed by atoms with Gasteiger partial charge in [-0.05, 0) is 12.8 Å². The molecule has 0 spiro atoms. The second-order valence-corrected chi connectivity index (χ2v) is 10.6. The number of Topliss-reactive ketones (excluding diaryl/α,β-unsaturated/α-hetero) is 1. The Kier molecular flexibility index (Phi) is 6.50. The molecule has 30 heavy (non-hydrogen) atoms. The van der Waals surface area contributed by atoms with Crippen LogP contribution in [0.25, 0.3) is 0 Å². The minimum absolute atomic E-state index is 0.124. The van der Waals surface area contributed by atoms with Crippen molar-refractivity contribution in [3.05, 3.63) is 17.7 Å². The van der Waals surface area contributed by atoms with E-state index in [1.54, 1.807) is 4.57 Å². The Balaban J connectivity index is 1.57. The van der Waals surface area contributed by atoms with E-state index in [1.165, 1.54) is 6.33 Å². The second-order valence-electron chi connectivity index (χ2n) is 6.15. The number of fused-ring (bicyclic) bond motifs is 1. The Morgan fingerprint density at radius 1 is 1.17 bits per heavy atom. The van der Waals surface area contributed by atoms with Gasteiger partial charge in [-0.15, -0.1) is 0 Å². The van der Waals surface area contributed by atoms with Crippen LogP contribution >= 0.6 is 23.5 Å². The first-order valence-electron chi connectivity index (χ1n) is 8.10. The summed E-state index contributed by atoms with van der Waals surface area (Å²) >= 11 is 0. The van der Waals surface area contributed by atoms with Crippen molar-refractivity contribution in [1.82, 2.24) is 9.55 Å². The number of phosphoric acid groups is 3. The molecule has 16 nitrogen and oxygen atoms in total. The van der Waals surface area contributed by atoms with E-state index in [-0.39, 0.29) is 18.1 Å². The van der Waals surface area contributed by atoms with Crippen molar-refractivity contribution in [1.29, 1.82) is 0 Å². The molecule has 0 saturated carbocycles. The lowest BCUT2D eigenvalue weighted by atomic mass is 10.1. The van der Waals surface area contributed by atoms with Crippen LogP contribution in [0.5, 0.6) is 0 Å². The molecule has 168 valence electrons. The largest absolute Gasteiger partial charge is 0.490 e. The van der Waals surface area contributed by atoms with Crippen LogP contribution in [-0.4, -0.2) is 53.5 Å². The van der Waals surface area contributed by atoms with Gasteiger partial charge in [0.05, 0.1) is 31.3 Å². The molecule has 0 aliphatic carbocycles. The van der Waals surface area contributed by atoms with Gasteiger partial charge in [-0.25, -0.2) is 18.7 Å². The summed E-state index contributed by atoms with van der Waals surface area (Å²) < 4.78 is 52.7. The number of imidazole rings is 1. The van der Waals surface area contributed by atoms with E-state index in [0.717, 1.165) is 0 Å². The Morgan fingerprint density at radius 3 is 2.53 bits per heavy atom. The first-order valence-corrected chi connectivity index (χ1v) is 12.6. The lowest BCUT2D eigenvalue weighted by molar-refractivity contribution is -0.0232. The van der Waals surface area contributed by atoms with Crippen LogP contribution < -0.4 is 5.73 Å². The van der Waals surface area contributed by atoms with Gasteiger partial charge in [-0.2, -0.15) is 8.62 Å². The van der Waals surface area contributed by atoms with Crippen molar-refractivity contribution >= 4 is 35.1 Å². The van der Waals surface area contributed by atoms with Crippen molar-refractivity contribution in [2.45, 2.75) is 31.7 Å². The van der Waals surface area contributed by atoms with Gasteiger partial charge in [0.1, 0.15) is 11.9 Å². The smallest absolute Gasteiger partial charge is 0.381 e. The predicted octanol–water partition coefficient (Wildman–Crippen LogP) is -0.0425. The van der Waals surface area contributed by atoms with Crippen LogP contribution in [0.1, 0.15) is 35.3 Å². The number of aromatic nitrogens is 2. The number of nitrogens with zero attached hydrogens (tertiary/aromatic N) is 3. The standard InChI is InChI=1S/C11H17N4O12P3/c12-11-10(16)9-7(3-13-11)15(5-14-9)8-2-1-6(25-8)4-24-29(20,21)27-30(22,23)26-28(17,18)19/h5-6,8H,1-4H2,(H2,12,13)(H,20,21)(H,22,23)(H2,17,18,19). The Hall–Kier alpha value is -1.28. The average molecular weight is 490 g/mol. The quantitative estimate of drug-likeness (QED) is 0.300. The maximum Gasteiger partial charge on any atom is 0.490 e. The molecular formula is C11H17N4O12P3. The first kappa shape index (κ1) is 23.4. The van der Waals surface area contributed by atoms with Crippen LogP contribution in [0.4, 0.5) is 0 Å². The molecule has 4 atom stereocenters. The van der Waals surface area contributed by atoms with E-state index >= 15 is 0 Å². The number of aliphatic imine (C=N–C) groups is 1. The van der Waals surface area contributed by atoms with Gasteiger partial charge < -0.3 is 34.6 Å². The fourth-order valence-corrected chi connectivity index (χ4v) is 5.88. The summed E-state index contributed by atoms with van der Waals surface area (Å²) in [6, 6.07) is 0. The van der Waals surface area contributed by atoms with E-state index in [1.807, 2.05) is 0 Å².